The molecule has 3 heteroatoms. The van der Waals surface area contributed by atoms with Crippen molar-refractivity contribution >= 4 is 5.97 Å². The molecule has 18 heavy (non-hydrogen) atoms. The van der Waals surface area contributed by atoms with Crippen LogP contribution in [0.4, 0.5) is 0 Å². The number of esters is 1. The lowest BCUT2D eigenvalue weighted by Gasteiger charge is -2.25. The molecule has 1 saturated heterocycles. The highest BCUT2D eigenvalue weighted by atomic mass is 16.5. The van der Waals surface area contributed by atoms with Crippen LogP contribution in [0, 0.1) is 0 Å². The zero-order valence-corrected chi connectivity index (χ0v) is 11.0. The van der Waals surface area contributed by atoms with E-state index in [-0.39, 0.29) is 5.97 Å². The summed E-state index contributed by atoms with van der Waals surface area (Å²) in [5.41, 5.74) is 2.32. The van der Waals surface area contributed by atoms with Crippen LogP contribution < -0.4 is 0 Å². The number of likely N-dealkylation sites (tertiary alicyclic amines) is 1. The summed E-state index contributed by atoms with van der Waals surface area (Å²) >= 11 is 0. The number of nitrogens with zero attached hydrogens (tertiary/aromatic N) is 1. The van der Waals surface area contributed by atoms with Crippen LogP contribution in [0.15, 0.2) is 35.6 Å². The van der Waals surface area contributed by atoms with E-state index in [9.17, 15) is 4.79 Å². The van der Waals surface area contributed by atoms with Gasteiger partial charge in [-0.2, -0.15) is 0 Å². The standard InChI is InChI=1S/C15H21NO2/c1-18-15(17)12-13-6-8-14(9-7-13)16-10-4-2-3-5-11-16/h6,8-9,12H,2-5,7,10-11H2,1H3. The van der Waals surface area contributed by atoms with Gasteiger partial charge in [0.2, 0.25) is 0 Å². The largest absolute Gasteiger partial charge is 0.466 e. The van der Waals surface area contributed by atoms with Gasteiger partial charge in [0.1, 0.15) is 0 Å². The molecule has 0 N–H and O–H groups in total. The molecule has 0 amide bonds. The predicted octanol–water partition coefficient (Wildman–Crippen LogP) is 2.81. The van der Waals surface area contributed by atoms with Crippen molar-refractivity contribution in [3.05, 3.63) is 35.6 Å². The Morgan fingerprint density at radius 1 is 1.22 bits per heavy atom. The van der Waals surface area contributed by atoms with Crippen LogP contribution in [-0.4, -0.2) is 31.1 Å². The molecular formula is C15H21NO2. The summed E-state index contributed by atoms with van der Waals surface area (Å²) < 4.78 is 4.63. The Balaban J connectivity index is 1.96. The van der Waals surface area contributed by atoms with E-state index >= 15 is 0 Å². The second-order valence-electron chi connectivity index (χ2n) is 4.81. The number of methoxy groups -OCH3 is 1. The molecule has 0 radical (unpaired) electrons. The maximum atomic E-state index is 11.1. The van der Waals surface area contributed by atoms with E-state index in [2.05, 4.69) is 21.8 Å². The maximum Gasteiger partial charge on any atom is 0.330 e. The van der Waals surface area contributed by atoms with Crippen molar-refractivity contribution in [2.75, 3.05) is 20.2 Å². The fourth-order valence-electron chi connectivity index (χ4n) is 2.43. The third-order valence-electron chi connectivity index (χ3n) is 3.49. The van der Waals surface area contributed by atoms with Crippen LogP contribution in [-0.2, 0) is 9.53 Å². The Bertz CT molecular complexity index is 385. The van der Waals surface area contributed by atoms with Gasteiger partial charge in [0.25, 0.3) is 0 Å². The third-order valence-corrected chi connectivity index (χ3v) is 3.49. The van der Waals surface area contributed by atoms with Crippen LogP contribution in [0.3, 0.4) is 0 Å². The normalized spacial score (nSPS) is 22.6. The van der Waals surface area contributed by atoms with Gasteiger partial charge in [-0.3, -0.25) is 0 Å². The molecule has 0 bridgehead atoms. The summed E-state index contributed by atoms with van der Waals surface area (Å²) in [6.07, 6.45) is 14.0. The fraction of sp³-hybridized carbons (Fsp3) is 0.533. The lowest BCUT2D eigenvalue weighted by Crippen LogP contribution is -2.23. The van der Waals surface area contributed by atoms with Crippen molar-refractivity contribution in [2.45, 2.75) is 32.1 Å². The Labute approximate surface area is 109 Å². The molecule has 0 atom stereocenters. The van der Waals surface area contributed by atoms with Crippen LogP contribution in [0.2, 0.25) is 0 Å². The molecule has 0 aromatic heterocycles. The summed E-state index contributed by atoms with van der Waals surface area (Å²) in [5, 5.41) is 0. The number of rotatable bonds is 2. The van der Waals surface area contributed by atoms with E-state index in [0.717, 1.165) is 25.1 Å². The molecule has 1 heterocycles. The van der Waals surface area contributed by atoms with Crippen LogP contribution in [0.5, 0.6) is 0 Å². The highest BCUT2D eigenvalue weighted by molar-refractivity contribution is 5.83. The zero-order chi connectivity index (χ0) is 12.8. The molecule has 3 nitrogen and oxygen atoms in total. The monoisotopic (exact) mass is 247 g/mol. The predicted molar refractivity (Wildman–Crippen MR) is 72.0 cm³/mol. The average molecular weight is 247 g/mol. The molecule has 1 fully saturated rings. The van der Waals surface area contributed by atoms with Crippen molar-refractivity contribution in [2.24, 2.45) is 0 Å². The Morgan fingerprint density at radius 2 is 1.94 bits per heavy atom. The van der Waals surface area contributed by atoms with E-state index in [1.165, 1.54) is 38.5 Å². The van der Waals surface area contributed by atoms with Gasteiger partial charge in [0.05, 0.1) is 7.11 Å². The van der Waals surface area contributed by atoms with E-state index < -0.39 is 0 Å². The van der Waals surface area contributed by atoms with Gasteiger partial charge in [-0.1, -0.05) is 25.0 Å². The first kappa shape index (κ1) is 12.9. The third kappa shape index (κ3) is 3.49. The van der Waals surface area contributed by atoms with Crippen molar-refractivity contribution in [3.63, 3.8) is 0 Å². The number of hydrogen-bond acceptors (Lipinski definition) is 3. The second kappa shape index (κ2) is 6.43. The van der Waals surface area contributed by atoms with Crippen molar-refractivity contribution in [3.8, 4) is 0 Å². The number of carbonyl (C=O) groups is 1. The minimum atomic E-state index is -0.277. The summed E-state index contributed by atoms with van der Waals surface area (Å²) in [6, 6.07) is 0. The first-order valence-corrected chi connectivity index (χ1v) is 6.71. The molecule has 0 spiro atoms. The number of hydrogen-bond donors (Lipinski definition) is 0. The minimum absolute atomic E-state index is 0.277. The Kier molecular flexibility index (Phi) is 4.62. The van der Waals surface area contributed by atoms with E-state index in [0.29, 0.717) is 0 Å². The molecule has 0 aromatic rings. The van der Waals surface area contributed by atoms with Gasteiger partial charge in [-0.25, -0.2) is 4.79 Å². The summed E-state index contributed by atoms with van der Waals surface area (Å²) in [6.45, 7) is 2.32. The van der Waals surface area contributed by atoms with Crippen molar-refractivity contribution in [1.82, 2.24) is 4.90 Å². The first-order valence-electron chi connectivity index (χ1n) is 6.71. The molecule has 1 aliphatic carbocycles. The van der Waals surface area contributed by atoms with Crippen molar-refractivity contribution < 1.29 is 9.53 Å². The van der Waals surface area contributed by atoms with E-state index in [1.807, 2.05) is 6.08 Å². The summed E-state index contributed by atoms with van der Waals surface area (Å²) in [4.78, 5) is 13.6. The summed E-state index contributed by atoms with van der Waals surface area (Å²) in [7, 11) is 1.41. The Morgan fingerprint density at radius 3 is 2.50 bits per heavy atom. The topological polar surface area (TPSA) is 29.5 Å². The van der Waals surface area contributed by atoms with Gasteiger partial charge in [-0.05, 0) is 30.9 Å². The van der Waals surface area contributed by atoms with Crippen LogP contribution in [0.1, 0.15) is 32.1 Å². The number of ether oxygens (including phenoxy) is 1. The molecule has 0 saturated carbocycles. The Hall–Kier alpha value is -1.51. The van der Waals surface area contributed by atoms with E-state index in [4.69, 9.17) is 0 Å². The SMILES string of the molecule is COC(=O)C=C1C=CC(N2CCCCCC2)=CC1. The molecule has 0 aromatic carbocycles. The number of allylic oxidation sites excluding steroid dienone is 4. The molecule has 2 rings (SSSR count). The quantitative estimate of drug-likeness (QED) is 0.555. The fourth-order valence-corrected chi connectivity index (χ4v) is 2.43. The molecule has 0 unspecified atom stereocenters. The molecule has 1 aliphatic heterocycles. The van der Waals surface area contributed by atoms with Gasteiger partial charge in [0.15, 0.2) is 0 Å². The van der Waals surface area contributed by atoms with Crippen molar-refractivity contribution in [1.29, 1.82) is 0 Å². The average Bonchev–Trinajstić information content (AvgIpc) is 2.68. The zero-order valence-electron chi connectivity index (χ0n) is 11.0. The van der Waals surface area contributed by atoms with E-state index in [1.54, 1.807) is 6.08 Å². The molecular weight excluding hydrogens is 226 g/mol. The van der Waals surface area contributed by atoms with Gasteiger partial charge >= 0.3 is 5.97 Å². The smallest absolute Gasteiger partial charge is 0.330 e. The highest BCUT2D eigenvalue weighted by Crippen LogP contribution is 2.21. The molecule has 98 valence electrons. The maximum absolute atomic E-state index is 11.1. The van der Waals surface area contributed by atoms with Crippen LogP contribution in [0.25, 0.3) is 0 Å². The van der Waals surface area contributed by atoms with Gasteiger partial charge < -0.3 is 9.64 Å². The minimum Gasteiger partial charge on any atom is -0.466 e. The highest BCUT2D eigenvalue weighted by Gasteiger charge is 2.12. The van der Waals surface area contributed by atoms with Gasteiger partial charge in [0, 0.05) is 24.9 Å². The number of carbonyl (C=O) groups excluding carboxylic acids is 1. The summed E-state index contributed by atoms with van der Waals surface area (Å²) in [5.74, 6) is -0.277. The second-order valence-corrected chi connectivity index (χ2v) is 4.81. The first-order chi connectivity index (χ1) is 8.79. The molecule has 2 aliphatic rings. The lowest BCUT2D eigenvalue weighted by atomic mass is 10.0. The van der Waals surface area contributed by atoms with Gasteiger partial charge in [-0.15, -0.1) is 0 Å². The van der Waals surface area contributed by atoms with Crippen LogP contribution >= 0.6 is 0 Å². The lowest BCUT2D eigenvalue weighted by molar-refractivity contribution is -0.134.